The van der Waals surface area contributed by atoms with Gasteiger partial charge in [-0.25, -0.2) is 4.79 Å². The molecular formula is C24H25N3O3. The normalized spacial score (nSPS) is 10.4. The van der Waals surface area contributed by atoms with E-state index in [0.717, 1.165) is 23.1 Å². The molecule has 0 aliphatic carbocycles. The number of carbonyl (C=O) groups excluding carboxylic acids is 2. The van der Waals surface area contributed by atoms with Crippen molar-refractivity contribution in [3.8, 4) is 11.1 Å². The summed E-state index contributed by atoms with van der Waals surface area (Å²) in [4.78, 5) is 23.7. The molecule has 6 heteroatoms. The zero-order valence-corrected chi connectivity index (χ0v) is 16.9. The van der Waals surface area contributed by atoms with E-state index >= 15 is 0 Å². The maximum absolute atomic E-state index is 12.4. The van der Waals surface area contributed by atoms with Crippen molar-refractivity contribution in [1.82, 2.24) is 0 Å². The van der Waals surface area contributed by atoms with Crippen LogP contribution in [0.2, 0.25) is 0 Å². The molecule has 0 saturated heterocycles. The summed E-state index contributed by atoms with van der Waals surface area (Å²) in [6.07, 6.45) is 0.929. The summed E-state index contributed by atoms with van der Waals surface area (Å²) >= 11 is 0. The van der Waals surface area contributed by atoms with Crippen LogP contribution in [-0.4, -0.2) is 18.5 Å². The van der Waals surface area contributed by atoms with Crippen LogP contribution in [0.25, 0.3) is 11.1 Å². The standard InChI is InChI=1S/C24H25N3O3/c1-2-12-30-16-17-13-20(18-8-10-19(11-9-18)23(25)28)15-22(14-17)27-24(29)26-21-6-4-3-5-7-21/h3-11,13-15H,2,12,16H2,1H3,(H2,25,28)(H2,26,27,29). The molecule has 0 aliphatic heterocycles. The van der Waals surface area contributed by atoms with Crippen LogP contribution >= 0.6 is 0 Å². The van der Waals surface area contributed by atoms with E-state index in [1.54, 1.807) is 12.1 Å². The van der Waals surface area contributed by atoms with Crippen LogP contribution in [0.4, 0.5) is 16.2 Å². The molecule has 3 amide bonds. The maximum Gasteiger partial charge on any atom is 0.323 e. The number of rotatable bonds is 8. The zero-order valence-electron chi connectivity index (χ0n) is 16.9. The number of carbonyl (C=O) groups is 2. The van der Waals surface area contributed by atoms with Gasteiger partial charge in [-0.3, -0.25) is 4.79 Å². The number of nitrogens with one attached hydrogen (secondary N) is 2. The Morgan fingerprint density at radius 2 is 1.57 bits per heavy atom. The largest absolute Gasteiger partial charge is 0.377 e. The van der Waals surface area contributed by atoms with Crippen LogP contribution in [0.5, 0.6) is 0 Å². The Kier molecular flexibility index (Phi) is 7.19. The lowest BCUT2D eigenvalue weighted by molar-refractivity contribution is 0.100. The number of benzene rings is 3. The maximum atomic E-state index is 12.4. The average molecular weight is 403 g/mol. The van der Waals surface area contributed by atoms with Crippen molar-refractivity contribution < 1.29 is 14.3 Å². The van der Waals surface area contributed by atoms with E-state index < -0.39 is 5.91 Å². The highest BCUT2D eigenvalue weighted by Gasteiger charge is 2.09. The summed E-state index contributed by atoms with van der Waals surface area (Å²) in [7, 11) is 0. The number of nitrogens with two attached hydrogens (primary N) is 1. The van der Waals surface area contributed by atoms with Gasteiger partial charge in [-0.1, -0.05) is 37.3 Å². The van der Waals surface area contributed by atoms with Crippen LogP contribution in [-0.2, 0) is 11.3 Å². The molecule has 0 atom stereocenters. The molecule has 3 rings (SSSR count). The van der Waals surface area contributed by atoms with E-state index in [-0.39, 0.29) is 6.03 Å². The van der Waals surface area contributed by atoms with E-state index in [1.165, 1.54) is 0 Å². The fraction of sp³-hybridized carbons (Fsp3) is 0.167. The molecule has 3 aromatic carbocycles. The molecule has 30 heavy (non-hydrogen) atoms. The lowest BCUT2D eigenvalue weighted by Gasteiger charge is -2.13. The summed E-state index contributed by atoms with van der Waals surface area (Å²) in [6, 6.07) is 21.7. The predicted molar refractivity (Wildman–Crippen MR) is 119 cm³/mol. The molecule has 0 bridgehead atoms. The minimum atomic E-state index is -0.469. The second kappa shape index (κ2) is 10.2. The molecule has 0 radical (unpaired) electrons. The van der Waals surface area contributed by atoms with Crippen LogP contribution in [0.3, 0.4) is 0 Å². The van der Waals surface area contributed by atoms with Crippen molar-refractivity contribution in [1.29, 1.82) is 0 Å². The van der Waals surface area contributed by atoms with Gasteiger partial charge < -0.3 is 21.1 Å². The van der Waals surface area contributed by atoms with Crippen molar-refractivity contribution in [3.63, 3.8) is 0 Å². The SMILES string of the molecule is CCCOCc1cc(NC(=O)Nc2ccccc2)cc(-c2ccc(C(N)=O)cc2)c1. The first-order valence-corrected chi connectivity index (χ1v) is 9.80. The molecule has 0 unspecified atom stereocenters. The highest BCUT2D eigenvalue weighted by atomic mass is 16.5. The molecule has 4 N–H and O–H groups in total. The highest BCUT2D eigenvalue weighted by molar-refractivity contribution is 6.00. The number of hydrogen-bond acceptors (Lipinski definition) is 3. The van der Waals surface area contributed by atoms with Gasteiger partial charge in [0.05, 0.1) is 6.61 Å². The van der Waals surface area contributed by atoms with Crippen molar-refractivity contribution >= 4 is 23.3 Å². The fourth-order valence-electron chi connectivity index (χ4n) is 2.99. The van der Waals surface area contributed by atoms with Gasteiger partial charge >= 0.3 is 6.03 Å². The van der Waals surface area contributed by atoms with Crippen LogP contribution in [0, 0.1) is 0 Å². The Hall–Kier alpha value is -3.64. The Morgan fingerprint density at radius 1 is 0.867 bits per heavy atom. The van der Waals surface area contributed by atoms with Crippen molar-refractivity contribution in [2.75, 3.05) is 17.2 Å². The average Bonchev–Trinajstić information content (AvgIpc) is 2.74. The summed E-state index contributed by atoms with van der Waals surface area (Å²) in [5, 5.41) is 5.69. The molecule has 0 saturated carbocycles. The lowest BCUT2D eigenvalue weighted by atomic mass is 10.0. The quantitative estimate of drug-likeness (QED) is 0.461. The van der Waals surface area contributed by atoms with Crippen LogP contribution in [0.1, 0.15) is 29.3 Å². The summed E-state index contributed by atoms with van der Waals surface area (Å²) in [6.45, 7) is 3.16. The fourth-order valence-corrected chi connectivity index (χ4v) is 2.99. The van der Waals surface area contributed by atoms with Gasteiger partial charge in [0, 0.05) is 23.5 Å². The smallest absolute Gasteiger partial charge is 0.323 e. The highest BCUT2D eigenvalue weighted by Crippen LogP contribution is 2.26. The molecule has 0 aliphatic rings. The minimum Gasteiger partial charge on any atom is -0.377 e. The molecule has 0 fully saturated rings. The first-order valence-electron chi connectivity index (χ1n) is 9.80. The van der Waals surface area contributed by atoms with Gasteiger partial charge in [-0.15, -0.1) is 0 Å². The number of ether oxygens (including phenoxy) is 1. The van der Waals surface area contributed by atoms with Gasteiger partial charge in [0.25, 0.3) is 0 Å². The number of amides is 3. The number of hydrogen-bond donors (Lipinski definition) is 3. The van der Waals surface area contributed by atoms with Gasteiger partial charge in [-0.2, -0.15) is 0 Å². The van der Waals surface area contributed by atoms with E-state index in [0.29, 0.717) is 30.2 Å². The van der Waals surface area contributed by atoms with Crippen LogP contribution in [0.15, 0.2) is 72.8 Å². The summed E-state index contributed by atoms with van der Waals surface area (Å²) < 4.78 is 5.68. The molecular weight excluding hydrogens is 378 g/mol. The summed E-state index contributed by atoms with van der Waals surface area (Å²) in [5.74, 6) is -0.469. The van der Waals surface area contributed by atoms with E-state index in [1.807, 2.05) is 60.7 Å². The van der Waals surface area contributed by atoms with E-state index in [2.05, 4.69) is 17.6 Å². The molecule has 3 aromatic rings. The molecule has 154 valence electrons. The molecule has 0 spiro atoms. The summed E-state index contributed by atoms with van der Waals surface area (Å²) in [5.41, 5.74) is 9.88. The van der Waals surface area contributed by atoms with Gasteiger partial charge in [0.1, 0.15) is 0 Å². The van der Waals surface area contributed by atoms with Crippen molar-refractivity contribution in [2.24, 2.45) is 5.73 Å². The lowest BCUT2D eigenvalue weighted by Crippen LogP contribution is -2.19. The predicted octanol–water partition coefficient (Wildman–Crippen LogP) is 5.02. The van der Waals surface area contributed by atoms with Gasteiger partial charge in [0.15, 0.2) is 0 Å². The number of anilines is 2. The molecule has 6 nitrogen and oxygen atoms in total. The van der Waals surface area contributed by atoms with Crippen LogP contribution < -0.4 is 16.4 Å². The monoisotopic (exact) mass is 403 g/mol. The number of para-hydroxylation sites is 1. The third-order valence-electron chi connectivity index (χ3n) is 4.40. The molecule has 0 aromatic heterocycles. The Labute approximate surface area is 176 Å². The topological polar surface area (TPSA) is 93.4 Å². The van der Waals surface area contributed by atoms with Crippen molar-refractivity contribution in [3.05, 3.63) is 83.9 Å². The third-order valence-corrected chi connectivity index (χ3v) is 4.40. The number of urea groups is 1. The second-order valence-corrected chi connectivity index (χ2v) is 6.86. The van der Waals surface area contributed by atoms with Gasteiger partial charge in [-0.05, 0) is 65.6 Å². The first kappa shape index (κ1) is 21.1. The number of primary amides is 1. The second-order valence-electron chi connectivity index (χ2n) is 6.86. The van der Waals surface area contributed by atoms with Crippen molar-refractivity contribution in [2.45, 2.75) is 20.0 Å². The minimum absolute atomic E-state index is 0.331. The Bertz CT molecular complexity index is 1000. The zero-order chi connectivity index (χ0) is 21.3. The Morgan fingerprint density at radius 3 is 2.23 bits per heavy atom. The molecule has 0 heterocycles. The Balaban J connectivity index is 1.83. The first-order chi connectivity index (χ1) is 14.5. The van der Waals surface area contributed by atoms with Gasteiger partial charge in [0.2, 0.25) is 5.91 Å². The van der Waals surface area contributed by atoms with E-state index in [9.17, 15) is 9.59 Å². The van der Waals surface area contributed by atoms with E-state index in [4.69, 9.17) is 10.5 Å². The third kappa shape index (κ3) is 5.93.